The van der Waals surface area contributed by atoms with Crippen molar-refractivity contribution in [3.63, 3.8) is 0 Å². The van der Waals surface area contributed by atoms with E-state index in [1.807, 2.05) is 39.5 Å². The Kier molecular flexibility index (Phi) is 14.4. The van der Waals surface area contributed by atoms with E-state index in [0.29, 0.717) is 31.1 Å². The largest absolute Gasteiger partial charge is 0.469 e. The minimum Gasteiger partial charge on any atom is -0.469 e. The molecule has 3 aliphatic heterocycles. The molecule has 3 heterocycles. The van der Waals surface area contributed by atoms with E-state index in [1.165, 1.54) is 19.2 Å². The van der Waals surface area contributed by atoms with Crippen LogP contribution in [0.4, 0.5) is 18.0 Å². The van der Waals surface area contributed by atoms with E-state index in [2.05, 4.69) is 41.5 Å². The molecule has 0 aromatic heterocycles. The molecular weight excluding hydrogens is 731 g/mol. The molecule has 18 heteroatoms. The average Bonchev–Trinajstić information content (AvgIpc) is 3.76. The van der Waals surface area contributed by atoms with Gasteiger partial charge in [-0.25, -0.2) is 4.79 Å². The summed E-state index contributed by atoms with van der Waals surface area (Å²) in [5.41, 5.74) is -3.89. The predicted molar refractivity (Wildman–Crippen MR) is 195 cm³/mol. The van der Waals surface area contributed by atoms with Crippen molar-refractivity contribution in [2.75, 3.05) is 32.6 Å². The SMILES string of the molecule is COC(=O)CC[C@H](NC(=O)c1ccc(C2(C(F)(F)F)N=N2)cc1)C(=O)NCC(C)(C)COC(C)(C)CCCNC(=O)CCCC[C@@H]1SC[C@@H]2NC(=O)N[C@@H]21. The number of carbonyl (C=O) groups excluding carboxylic acids is 5. The highest BCUT2D eigenvalue weighted by Gasteiger charge is 2.65. The van der Waals surface area contributed by atoms with Gasteiger partial charge in [0, 0.05) is 53.5 Å². The van der Waals surface area contributed by atoms with E-state index < -0.39 is 46.7 Å². The maximum Gasteiger partial charge on any atom is 0.442 e. The lowest BCUT2D eigenvalue weighted by Gasteiger charge is -2.32. The van der Waals surface area contributed by atoms with Crippen LogP contribution < -0.4 is 26.6 Å². The van der Waals surface area contributed by atoms with Crippen molar-refractivity contribution < 1.29 is 46.6 Å². The van der Waals surface area contributed by atoms with Crippen molar-refractivity contribution >= 4 is 41.5 Å². The molecule has 5 amide bonds. The quantitative estimate of drug-likeness (QED) is 0.0686. The molecule has 4 rings (SSSR count). The Hall–Kier alpha value is -3.93. The molecule has 5 N–H and O–H groups in total. The van der Waals surface area contributed by atoms with Crippen molar-refractivity contribution in [3.05, 3.63) is 35.4 Å². The predicted octanol–water partition coefficient (Wildman–Crippen LogP) is 4.48. The van der Waals surface area contributed by atoms with Crippen LogP contribution in [0.2, 0.25) is 0 Å². The maximum absolute atomic E-state index is 13.4. The van der Waals surface area contributed by atoms with E-state index >= 15 is 0 Å². The standard InChI is InChI=1S/C36H52F3N7O7S/c1-33(2,21-53-34(3,4)17-8-18-40-27(47)10-7-6-9-26-29-25(19-54-26)43-32(51)44-29)20-41-31(50)24(15-16-28(48)52-5)42-30(49)22-11-13-23(14-12-22)35(45-46-35)36(37,38)39/h11-14,24-26,29H,6-10,15-21H2,1-5H3,(H,40,47)(H,41,50)(H,42,49)(H2,43,44,51)/t24-,25-,26-,29-/m0/s1. The number of rotatable bonds is 21. The zero-order valence-corrected chi connectivity index (χ0v) is 32.2. The van der Waals surface area contributed by atoms with Crippen LogP contribution >= 0.6 is 11.8 Å². The van der Waals surface area contributed by atoms with Gasteiger partial charge in [-0.2, -0.15) is 24.9 Å². The summed E-state index contributed by atoms with van der Waals surface area (Å²) in [4.78, 5) is 62.1. The number of hydrogen-bond acceptors (Lipinski definition) is 10. The summed E-state index contributed by atoms with van der Waals surface area (Å²) in [7, 11) is 1.20. The van der Waals surface area contributed by atoms with Gasteiger partial charge in [0.15, 0.2) is 0 Å². The van der Waals surface area contributed by atoms with Crippen molar-refractivity contribution in [3.8, 4) is 0 Å². The van der Waals surface area contributed by atoms with Crippen LogP contribution in [0.25, 0.3) is 0 Å². The summed E-state index contributed by atoms with van der Waals surface area (Å²) in [6.07, 6.45) is -0.425. The molecule has 4 atom stereocenters. The third-order valence-electron chi connectivity index (χ3n) is 9.68. The van der Waals surface area contributed by atoms with E-state index in [9.17, 15) is 37.1 Å². The molecule has 1 aromatic carbocycles. The fraction of sp³-hybridized carbons (Fsp3) is 0.694. The first-order chi connectivity index (χ1) is 25.3. The second-order valence-electron chi connectivity index (χ2n) is 15.3. The molecule has 0 radical (unpaired) electrons. The molecule has 0 aliphatic carbocycles. The summed E-state index contributed by atoms with van der Waals surface area (Å²) in [6.45, 7) is 8.72. The lowest BCUT2D eigenvalue weighted by molar-refractivity contribution is -0.166. The number of carbonyl (C=O) groups is 5. The molecule has 0 bridgehead atoms. The number of alkyl halides is 3. The Balaban J connectivity index is 1.15. The van der Waals surface area contributed by atoms with Gasteiger partial charge in [0.1, 0.15) is 6.04 Å². The summed E-state index contributed by atoms with van der Waals surface area (Å²) in [5, 5.41) is 21.0. The van der Waals surface area contributed by atoms with Crippen LogP contribution in [0.1, 0.15) is 95.0 Å². The Morgan fingerprint density at radius 2 is 1.70 bits per heavy atom. The molecule has 0 saturated carbocycles. The minimum atomic E-state index is -4.71. The molecule has 0 spiro atoms. The number of unbranched alkanes of at least 4 members (excludes halogenated alkanes) is 1. The van der Waals surface area contributed by atoms with Crippen LogP contribution in [0.15, 0.2) is 34.5 Å². The lowest BCUT2D eigenvalue weighted by atomic mass is 9.93. The van der Waals surface area contributed by atoms with Crippen LogP contribution in [0.3, 0.4) is 0 Å². The highest BCUT2D eigenvalue weighted by Crippen LogP contribution is 2.52. The molecule has 54 heavy (non-hydrogen) atoms. The number of methoxy groups -OCH3 is 1. The highest BCUT2D eigenvalue weighted by atomic mass is 32.2. The molecule has 2 saturated heterocycles. The van der Waals surface area contributed by atoms with Crippen molar-refractivity contribution in [2.24, 2.45) is 15.6 Å². The first-order valence-corrected chi connectivity index (χ1v) is 19.3. The number of urea groups is 1. The van der Waals surface area contributed by atoms with Gasteiger partial charge in [-0.3, -0.25) is 19.2 Å². The normalized spacial score (nSPS) is 20.7. The number of nitrogens with one attached hydrogen (secondary N) is 5. The van der Waals surface area contributed by atoms with E-state index in [-0.39, 0.29) is 61.1 Å². The monoisotopic (exact) mass is 783 g/mol. The average molecular weight is 784 g/mol. The second-order valence-corrected chi connectivity index (χ2v) is 16.6. The van der Waals surface area contributed by atoms with Crippen molar-refractivity contribution in [2.45, 2.75) is 120 Å². The molecular formula is C36H52F3N7O7S. The van der Waals surface area contributed by atoms with Crippen LogP contribution in [0, 0.1) is 5.41 Å². The first kappa shape index (κ1) is 42.8. The lowest BCUT2D eigenvalue weighted by Crippen LogP contribution is -2.49. The number of fused-ring (bicyclic) bond motifs is 1. The Bertz CT molecular complexity index is 1530. The van der Waals surface area contributed by atoms with Gasteiger partial charge in [0.2, 0.25) is 11.8 Å². The molecule has 300 valence electrons. The number of halogens is 3. The summed E-state index contributed by atoms with van der Waals surface area (Å²) in [5.74, 6) is -0.917. The van der Waals surface area contributed by atoms with E-state index in [4.69, 9.17) is 4.74 Å². The van der Waals surface area contributed by atoms with E-state index in [0.717, 1.165) is 37.1 Å². The van der Waals surface area contributed by atoms with Gasteiger partial charge in [-0.05, 0) is 58.1 Å². The summed E-state index contributed by atoms with van der Waals surface area (Å²) < 4.78 is 51.0. The number of thioether (sulfide) groups is 1. The van der Waals surface area contributed by atoms with Gasteiger partial charge < -0.3 is 36.1 Å². The molecule has 1 aromatic rings. The van der Waals surface area contributed by atoms with Gasteiger partial charge in [0.25, 0.3) is 5.91 Å². The maximum atomic E-state index is 13.4. The molecule has 0 unspecified atom stereocenters. The summed E-state index contributed by atoms with van der Waals surface area (Å²) >= 11 is 1.87. The molecule has 2 fully saturated rings. The number of amides is 5. The number of benzene rings is 1. The number of ether oxygens (including phenoxy) is 2. The first-order valence-electron chi connectivity index (χ1n) is 18.2. The molecule has 14 nitrogen and oxygen atoms in total. The number of hydrogen-bond donors (Lipinski definition) is 5. The minimum absolute atomic E-state index is 0.00941. The fourth-order valence-corrected chi connectivity index (χ4v) is 7.78. The smallest absolute Gasteiger partial charge is 0.442 e. The van der Waals surface area contributed by atoms with E-state index in [1.54, 1.807) is 0 Å². The fourth-order valence-electron chi connectivity index (χ4n) is 6.24. The second kappa shape index (κ2) is 18.1. The van der Waals surface area contributed by atoms with Gasteiger partial charge in [-0.1, -0.05) is 32.4 Å². The van der Waals surface area contributed by atoms with Gasteiger partial charge in [0.05, 0.1) is 31.4 Å². The summed E-state index contributed by atoms with van der Waals surface area (Å²) in [6, 6.07) is 3.74. The zero-order valence-electron chi connectivity index (χ0n) is 31.4. The third-order valence-corrected chi connectivity index (χ3v) is 11.2. The van der Waals surface area contributed by atoms with Gasteiger partial charge in [-0.15, -0.1) is 10.2 Å². The zero-order chi connectivity index (χ0) is 39.7. The van der Waals surface area contributed by atoms with Crippen molar-refractivity contribution in [1.29, 1.82) is 0 Å². The van der Waals surface area contributed by atoms with Crippen LogP contribution in [-0.2, 0) is 29.5 Å². The van der Waals surface area contributed by atoms with Crippen LogP contribution in [0.5, 0.6) is 0 Å². The Morgan fingerprint density at radius 1 is 1.00 bits per heavy atom. The number of nitrogens with zero attached hydrogens (tertiary/aromatic N) is 2. The number of esters is 1. The van der Waals surface area contributed by atoms with Gasteiger partial charge >= 0.3 is 23.8 Å². The highest BCUT2D eigenvalue weighted by molar-refractivity contribution is 8.00. The molecule has 3 aliphatic rings. The Labute approximate surface area is 317 Å². The van der Waals surface area contributed by atoms with Crippen molar-refractivity contribution in [1.82, 2.24) is 26.6 Å². The third kappa shape index (κ3) is 12.0. The van der Waals surface area contributed by atoms with Crippen LogP contribution in [-0.4, -0.2) is 97.4 Å². The Morgan fingerprint density at radius 3 is 2.35 bits per heavy atom. The topological polar surface area (TPSA) is 189 Å².